The second-order valence-corrected chi connectivity index (χ2v) is 5.68. The lowest BCUT2D eigenvalue weighted by Gasteiger charge is -2.50. The van der Waals surface area contributed by atoms with E-state index in [2.05, 4.69) is 4.74 Å². The molecule has 0 unspecified atom stereocenters. The van der Waals surface area contributed by atoms with E-state index in [0.29, 0.717) is 0 Å². The minimum atomic E-state index is -3.46. The molecule has 5 nitrogen and oxygen atoms in total. The lowest BCUT2D eigenvalue weighted by molar-refractivity contribution is 0.102. The Hall–Kier alpha value is -0.780. The van der Waals surface area contributed by atoms with E-state index in [-0.39, 0.29) is 0 Å². The minimum absolute atomic E-state index is 0.543. The van der Waals surface area contributed by atoms with Crippen molar-refractivity contribution in [3.63, 3.8) is 0 Å². The van der Waals surface area contributed by atoms with Gasteiger partial charge in [-0.2, -0.15) is 4.31 Å². The molecule has 0 radical (unpaired) electrons. The number of hydrogen-bond acceptors (Lipinski definition) is 4. The third-order valence-corrected chi connectivity index (χ3v) is 5.16. The Morgan fingerprint density at radius 2 is 1.92 bits per heavy atom. The maximum Gasteiger partial charge on any atom is 0.423 e. The Bertz CT molecular complexity index is 332. The normalized spacial score (nSPS) is 29.2. The SMILES string of the molecule is COC(=O)N1C(C)(C)[C@H](C)S1(=O)=O. The summed E-state index contributed by atoms with van der Waals surface area (Å²) < 4.78 is 27.9. The Labute approximate surface area is 77.7 Å². The van der Waals surface area contributed by atoms with Crippen LogP contribution in [-0.4, -0.2) is 36.7 Å². The average molecular weight is 207 g/mol. The second-order valence-electron chi connectivity index (χ2n) is 3.58. The van der Waals surface area contributed by atoms with Gasteiger partial charge in [-0.05, 0) is 20.8 Å². The van der Waals surface area contributed by atoms with Gasteiger partial charge in [0.15, 0.2) is 0 Å². The van der Waals surface area contributed by atoms with Crippen LogP contribution in [0.15, 0.2) is 0 Å². The summed E-state index contributed by atoms with van der Waals surface area (Å²) >= 11 is 0. The maximum absolute atomic E-state index is 11.4. The summed E-state index contributed by atoms with van der Waals surface area (Å²) in [5.41, 5.74) is -0.675. The fourth-order valence-corrected chi connectivity index (χ4v) is 3.47. The molecule has 1 aliphatic heterocycles. The number of methoxy groups -OCH3 is 1. The number of carbonyl (C=O) groups excluding carboxylic acids is 1. The van der Waals surface area contributed by atoms with Crippen molar-refractivity contribution >= 4 is 16.1 Å². The molecule has 1 saturated heterocycles. The molecule has 1 fully saturated rings. The van der Waals surface area contributed by atoms with Crippen LogP contribution in [-0.2, 0) is 14.8 Å². The van der Waals surface area contributed by atoms with Crippen LogP contribution in [0.2, 0.25) is 0 Å². The lowest BCUT2D eigenvalue weighted by atomic mass is 10.0. The molecule has 13 heavy (non-hydrogen) atoms. The highest BCUT2D eigenvalue weighted by molar-refractivity contribution is 7.91. The van der Waals surface area contributed by atoms with Crippen molar-refractivity contribution in [2.45, 2.75) is 31.6 Å². The average Bonchev–Trinajstić information content (AvgIpc) is 2.02. The standard InChI is InChI=1S/C7H13NO4S/c1-5-7(2,3)8(6(9)12-4)13(5,10)11/h5H,1-4H3/t5-/m0/s1. The molecular weight excluding hydrogens is 194 g/mol. The van der Waals surface area contributed by atoms with Crippen molar-refractivity contribution in [3.8, 4) is 0 Å². The number of rotatable bonds is 0. The first-order valence-electron chi connectivity index (χ1n) is 3.88. The van der Waals surface area contributed by atoms with E-state index < -0.39 is 26.9 Å². The Kier molecular flexibility index (Phi) is 2.06. The first-order valence-corrected chi connectivity index (χ1v) is 5.38. The van der Waals surface area contributed by atoms with Gasteiger partial charge in [-0.3, -0.25) is 0 Å². The van der Waals surface area contributed by atoms with Gasteiger partial charge in [-0.1, -0.05) is 0 Å². The zero-order chi connectivity index (χ0) is 10.4. The van der Waals surface area contributed by atoms with Crippen LogP contribution in [0.1, 0.15) is 20.8 Å². The van der Waals surface area contributed by atoms with Crippen LogP contribution in [0, 0.1) is 0 Å². The molecule has 0 aromatic carbocycles. The highest BCUT2D eigenvalue weighted by Gasteiger charge is 2.60. The van der Waals surface area contributed by atoms with Crippen molar-refractivity contribution in [2.75, 3.05) is 7.11 Å². The van der Waals surface area contributed by atoms with Gasteiger partial charge in [0, 0.05) is 0 Å². The molecule has 0 saturated carbocycles. The van der Waals surface area contributed by atoms with Crippen molar-refractivity contribution in [3.05, 3.63) is 0 Å². The zero-order valence-electron chi connectivity index (χ0n) is 8.07. The van der Waals surface area contributed by atoms with Crippen LogP contribution in [0.3, 0.4) is 0 Å². The Balaban J connectivity index is 3.05. The van der Waals surface area contributed by atoms with E-state index >= 15 is 0 Å². The van der Waals surface area contributed by atoms with Crippen LogP contribution < -0.4 is 0 Å². The van der Waals surface area contributed by atoms with Crippen molar-refractivity contribution in [1.29, 1.82) is 0 Å². The molecule has 1 heterocycles. The van der Waals surface area contributed by atoms with Gasteiger partial charge in [0.25, 0.3) is 0 Å². The largest absolute Gasteiger partial charge is 0.452 e. The number of ether oxygens (including phenoxy) is 1. The zero-order valence-corrected chi connectivity index (χ0v) is 8.88. The molecule has 1 amide bonds. The van der Waals surface area contributed by atoms with E-state index in [0.717, 1.165) is 11.4 Å². The molecule has 1 aliphatic rings. The van der Waals surface area contributed by atoms with Gasteiger partial charge in [0.1, 0.15) is 5.25 Å². The monoisotopic (exact) mass is 207 g/mol. The molecule has 0 spiro atoms. The quantitative estimate of drug-likeness (QED) is 0.582. The number of carbonyl (C=O) groups is 1. The molecule has 0 aliphatic carbocycles. The molecule has 0 aromatic rings. The predicted octanol–water partition coefficient (Wildman–Crippen LogP) is 0.565. The fraction of sp³-hybridized carbons (Fsp3) is 0.857. The van der Waals surface area contributed by atoms with Gasteiger partial charge in [-0.15, -0.1) is 0 Å². The molecular formula is C7H13NO4S. The third-order valence-electron chi connectivity index (χ3n) is 2.56. The number of sulfonamides is 1. The summed E-state index contributed by atoms with van der Waals surface area (Å²) in [6, 6.07) is 0. The van der Waals surface area contributed by atoms with Crippen LogP contribution >= 0.6 is 0 Å². The summed E-state index contributed by atoms with van der Waals surface area (Å²) in [6.45, 7) is 4.96. The molecule has 1 atom stereocenters. The first-order chi connectivity index (χ1) is 5.76. The highest BCUT2D eigenvalue weighted by Crippen LogP contribution is 2.39. The van der Waals surface area contributed by atoms with E-state index in [4.69, 9.17) is 0 Å². The summed E-state index contributed by atoms with van der Waals surface area (Å²) in [6.07, 6.45) is -0.817. The topological polar surface area (TPSA) is 63.7 Å². The molecule has 76 valence electrons. The lowest BCUT2D eigenvalue weighted by Crippen LogP contribution is -2.71. The highest BCUT2D eigenvalue weighted by atomic mass is 32.2. The molecule has 6 heteroatoms. The van der Waals surface area contributed by atoms with E-state index in [1.54, 1.807) is 20.8 Å². The van der Waals surface area contributed by atoms with Gasteiger partial charge < -0.3 is 4.74 Å². The summed E-state index contributed by atoms with van der Waals surface area (Å²) in [4.78, 5) is 11.1. The molecule has 0 N–H and O–H groups in total. The Morgan fingerprint density at radius 1 is 1.46 bits per heavy atom. The summed E-state index contributed by atoms with van der Waals surface area (Å²) in [5, 5.41) is -0.543. The van der Waals surface area contributed by atoms with Crippen molar-refractivity contribution in [1.82, 2.24) is 4.31 Å². The molecule has 0 aromatic heterocycles. The van der Waals surface area contributed by atoms with E-state index in [1.165, 1.54) is 0 Å². The molecule has 1 rings (SSSR count). The van der Waals surface area contributed by atoms with Crippen LogP contribution in [0.25, 0.3) is 0 Å². The van der Waals surface area contributed by atoms with Crippen molar-refractivity contribution < 1.29 is 17.9 Å². The predicted molar refractivity (Wildman–Crippen MR) is 46.7 cm³/mol. The van der Waals surface area contributed by atoms with Gasteiger partial charge in [0.2, 0.25) is 10.0 Å². The molecule has 0 bridgehead atoms. The van der Waals surface area contributed by atoms with Gasteiger partial charge in [0.05, 0.1) is 12.6 Å². The number of hydrogen-bond donors (Lipinski definition) is 0. The first kappa shape index (κ1) is 10.3. The summed E-state index contributed by atoms with van der Waals surface area (Å²) in [5.74, 6) is 0. The van der Waals surface area contributed by atoms with Crippen LogP contribution in [0.5, 0.6) is 0 Å². The number of nitrogens with zero attached hydrogens (tertiary/aromatic N) is 1. The summed E-state index contributed by atoms with van der Waals surface area (Å²) in [7, 11) is -2.30. The van der Waals surface area contributed by atoms with Crippen molar-refractivity contribution in [2.24, 2.45) is 0 Å². The van der Waals surface area contributed by atoms with Gasteiger partial charge >= 0.3 is 6.09 Å². The number of amides is 1. The fourth-order valence-electron chi connectivity index (χ4n) is 1.39. The smallest absolute Gasteiger partial charge is 0.423 e. The van der Waals surface area contributed by atoms with Crippen LogP contribution in [0.4, 0.5) is 4.79 Å². The van der Waals surface area contributed by atoms with E-state index in [9.17, 15) is 13.2 Å². The second kappa shape index (κ2) is 2.60. The third kappa shape index (κ3) is 1.12. The maximum atomic E-state index is 11.4. The van der Waals surface area contributed by atoms with Gasteiger partial charge in [-0.25, -0.2) is 13.2 Å². The Morgan fingerprint density at radius 3 is 2.23 bits per heavy atom. The minimum Gasteiger partial charge on any atom is -0.452 e. The van der Waals surface area contributed by atoms with E-state index in [1.807, 2.05) is 0 Å².